The zero-order chi connectivity index (χ0) is 69.4. The predicted octanol–water partition coefficient (Wildman–Crippen LogP) is 21.8. The molecule has 0 aromatic rings. The van der Waals surface area contributed by atoms with Crippen LogP contribution >= 0.6 is 15.6 Å². The van der Waals surface area contributed by atoms with Gasteiger partial charge < -0.3 is 33.8 Å². The van der Waals surface area contributed by atoms with Crippen LogP contribution in [0.25, 0.3) is 0 Å². The summed E-state index contributed by atoms with van der Waals surface area (Å²) in [5, 5.41) is 10.6. The molecule has 19 heteroatoms. The normalized spacial score (nSPS) is 14.1. The monoisotopic (exact) mass is 1380 g/mol. The molecule has 0 radical (unpaired) electrons. The fourth-order valence-electron chi connectivity index (χ4n) is 11.4. The summed E-state index contributed by atoms with van der Waals surface area (Å²) in [5.41, 5.74) is 0. The van der Waals surface area contributed by atoms with E-state index in [0.29, 0.717) is 25.7 Å². The number of aliphatic hydroxyl groups excluding tert-OH is 1. The number of carbonyl (C=O) groups excluding carboxylic acids is 4. The van der Waals surface area contributed by atoms with Crippen LogP contribution in [0.1, 0.15) is 382 Å². The lowest BCUT2D eigenvalue weighted by molar-refractivity contribution is -0.161. The highest BCUT2D eigenvalue weighted by molar-refractivity contribution is 7.47. The lowest BCUT2D eigenvalue weighted by atomic mass is 10.0. The fourth-order valence-corrected chi connectivity index (χ4v) is 13.0. The van der Waals surface area contributed by atoms with Crippen LogP contribution < -0.4 is 0 Å². The van der Waals surface area contributed by atoms with E-state index in [1.807, 2.05) is 0 Å². The largest absolute Gasteiger partial charge is 0.472 e. The standard InChI is InChI=1S/C75H146O17P2/c1-8-9-10-11-12-13-19-28-35-42-49-56-72(77)85-63-71(92-75(80)59-52-45-38-31-24-27-34-41-48-55-68(6)7)65-90-94(83,84)88-61-69(76)60-87-93(81,82)89-64-70(62-86-73(78)57-50-43-36-29-23-22-26-33-40-47-54-67(4)5)91-74(79)58-51-44-37-30-21-18-16-14-15-17-20-25-32-39-46-53-66(2)3/h66-71,76H,8-65H2,1-7H3,(H,81,82)(H,83,84)/t69-,70-,71-/m1/s1. The van der Waals surface area contributed by atoms with Crippen LogP contribution in [-0.4, -0.2) is 96.7 Å². The highest BCUT2D eigenvalue weighted by Crippen LogP contribution is 2.45. The van der Waals surface area contributed by atoms with Gasteiger partial charge in [-0.25, -0.2) is 9.13 Å². The van der Waals surface area contributed by atoms with E-state index in [2.05, 4.69) is 48.5 Å². The summed E-state index contributed by atoms with van der Waals surface area (Å²) in [6.07, 6.45) is 51.3. The van der Waals surface area contributed by atoms with E-state index in [1.165, 1.54) is 193 Å². The van der Waals surface area contributed by atoms with Crippen molar-refractivity contribution in [2.24, 2.45) is 17.8 Å². The molecule has 0 aliphatic carbocycles. The minimum atomic E-state index is -4.96. The number of carbonyl (C=O) groups is 4. The second-order valence-corrected chi connectivity index (χ2v) is 31.4. The Morgan fingerprint density at radius 2 is 0.489 bits per heavy atom. The molecule has 0 amide bonds. The molecular weight excluding hydrogens is 1230 g/mol. The molecule has 558 valence electrons. The second-order valence-electron chi connectivity index (χ2n) is 28.5. The van der Waals surface area contributed by atoms with Gasteiger partial charge in [-0.2, -0.15) is 0 Å². The van der Waals surface area contributed by atoms with E-state index in [-0.39, 0.29) is 25.7 Å². The average Bonchev–Trinajstić information content (AvgIpc) is 2.80. The highest BCUT2D eigenvalue weighted by atomic mass is 31.2. The zero-order valence-electron chi connectivity index (χ0n) is 61.4. The first-order valence-corrected chi connectivity index (χ1v) is 41.8. The van der Waals surface area contributed by atoms with Gasteiger partial charge in [0.05, 0.1) is 26.4 Å². The van der Waals surface area contributed by atoms with E-state index in [0.717, 1.165) is 108 Å². The third-order valence-corrected chi connectivity index (χ3v) is 19.3. The number of aliphatic hydroxyl groups is 1. The molecule has 0 aliphatic heterocycles. The number of ether oxygens (including phenoxy) is 4. The summed E-state index contributed by atoms with van der Waals surface area (Å²) in [6, 6.07) is 0. The molecule has 0 bridgehead atoms. The SMILES string of the molecule is CCCCCCCCCCCCCC(=O)OC[C@H](COP(=O)(O)OC[C@H](O)COP(=O)(O)OC[C@@H](COC(=O)CCCCCCCCCCCCC(C)C)OC(=O)CCCCCCCCCCCCCCCCCC(C)C)OC(=O)CCCCCCCCCCCC(C)C. The molecule has 5 atom stereocenters. The Bertz CT molecular complexity index is 1840. The van der Waals surface area contributed by atoms with Crippen molar-refractivity contribution in [3.05, 3.63) is 0 Å². The number of rotatable bonds is 73. The zero-order valence-corrected chi connectivity index (χ0v) is 63.2. The first-order valence-electron chi connectivity index (χ1n) is 38.8. The maximum absolute atomic E-state index is 13.1. The second kappa shape index (κ2) is 65.7. The van der Waals surface area contributed by atoms with E-state index in [1.54, 1.807) is 0 Å². The van der Waals surface area contributed by atoms with Gasteiger partial charge in [0, 0.05) is 25.7 Å². The summed E-state index contributed by atoms with van der Waals surface area (Å²) >= 11 is 0. The van der Waals surface area contributed by atoms with Crippen molar-refractivity contribution in [1.29, 1.82) is 0 Å². The van der Waals surface area contributed by atoms with Crippen molar-refractivity contribution in [2.75, 3.05) is 39.6 Å². The Morgan fingerprint density at radius 1 is 0.287 bits per heavy atom. The molecule has 94 heavy (non-hydrogen) atoms. The van der Waals surface area contributed by atoms with Gasteiger partial charge in [-0.3, -0.25) is 37.3 Å². The van der Waals surface area contributed by atoms with Gasteiger partial charge >= 0.3 is 39.5 Å². The van der Waals surface area contributed by atoms with Crippen molar-refractivity contribution in [3.63, 3.8) is 0 Å². The van der Waals surface area contributed by atoms with Gasteiger partial charge in [-0.15, -0.1) is 0 Å². The molecule has 17 nitrogen and oxygen atoms in total. The number of hydrogen-bond donors (Lipinski definition) is 3. The number of esters is 4. The molecular formula is C75H146O17P2. The summed E-state index contributed by atoms with van der Waals surface area (Å²) in [5.74, 6) is 0.179. The molecule has 0 heterocycles. The summed E-state index contributed by atoms with van der Waals surface area (Å²) < 4.78 is 68.5. The Balaban J connectivity index is 5.24. The number of phosphoric acid groups is 2. The van der Waals surface area contributed by atoms with Gasteiger partial charge in [0.2, 0.25) is 0 Å². The molecule has 0 rings (SSSR count). The summed E-state index contributed by atoms with van der Waals surface area (Å²) in [7, 11) is -9.91. The van der Waals surface area contributed by atoms with E-state index in [4.69, 9.17) is 37.0 Å². The minimum Gasteiger partial charge on any atom is -0.462 e. The molecule has 0 aromatic carbocycles. The summed E-state index contributed by atoms with van der Waals surface area (Å²) in [4.78, 5) is 72.8. The first kappa shape index (κ1) is 92.1. The molecule has 3 N–H and O–H groups in total. The molecule has 0 spiro atoms. The van der Waals surface area contributed by atoms with Crippen molar-refractivity contribution in [1.82, 2.24) is 0 Å². The lowest BCUT2D eigenvalue weighted by Crippen LogP contribution is -2.30. The van der Waals surface area contributed by atoms with E-state index in [9.17, 15) is 43.2 Å². The maximum Gasteiger partial charge on any atom is 0.472 e. The summed E-state index contributed by atoms with van der Waals surface area (Å²) in [6.45, 7) is 11.9. The number of phosphoric ester groups is 2. The number of hydrogen-bond acceptors (Lipinski definition) is 15. The predicted molar refractivity (Wildman–Crippen MR) is 381 cm³/mol. The van der Waals surface area contributed by atoms with Crippen molar-refractivity contribution in [2.45, 2.75) is 401 Å². The third kappa shape index (κ3) is 68.6. The van der Waals surface area contributed by atoms with E-state index < -0.39 is 97.5 Å². The average molecular weight is 1380 g/mol. The Hall–Kier alpha value is -1.94. The van der Waals surface area contributed by atoms with E-state index >= 15 is 0 Å². The topological polar surface area (TPSA) is 237 Å². The number of unbranched alkanes of at least 4 members (excludes halogenated alkanes) is 41. The molecule has 0 fully saturated rings. The van der Waals surface area contributed by atoms with Crippen LogP contribution in [0, 0.1) is 17.8 Å². The Morgan fingerprint density at radius 3 is 0.723 bits per heavy atom. The van der Waals surface area contributed by atoms with Crippen molar-refractivity contribution < 1.29 is 80.2 Å². The van der Waals surface area contributed by atoms with Crippen molar-refractivity contribution in [3.8, 4) is 0 Å². The van der Waals surface area contributed by atoms with Gasteiger partial charge in [-0.05, 0) is 43.4 Å². The Kier molecular flexibility index (Phi) is 64.3. The highest BCUT2D eigenvalue weighted by Gasteiger charge is 2.30. The van der Waals surface area contributed by atoms with Gasteiger partial charge in [0.15, 0.2) is 12.2 Å². The van der Waals surface area contributed by atoms with Gasteiger partial charge in [-0.1, -0.05) is 331 Å². The van der Waals surface area contributed by atoms with Crippen LogP contribution in [0.5, 0.6) is 0 Å². The van der Waals surface area contributed by atoms with Crippen molar-refractivity contribution >= 4 is 39.5 Å². The maximum atomic E-state index is 13.1. The van der Waals surface area contributed by atoms with Crippen LogP contribution in [0.2, 0.25) is 0 Å². The molecule has 0 aromatic heterocycles. The minimum absolute atomic E-state index is 0.105. The molecule has 0 saturated heterocycles. The molecule has 2 unspecified atom stereocenters. The quantitative estimate of drug-likeness (QED) is 0.0222. The smallest absolute Gasteiger partial charge is 0.462 e. The Labute approximate surface area is 575 Å². The lowest BCUT2D eigenvalue weighted by Gasteiger charge is -2.21. The molecule has 0 saturated carbocycles. The molecule has 0 aliphatic rings. The van der Waals surface area contributed by atoms with Gasteiger partial charge in [0.25, 0.3) is 0 Å². The van der Waals surface area contributed by atoms with Crippen LogP contribution in [0.15, 0.2) is 0 Å². The first-order chi connectivity index (χ1) is 45.2. The third-order valence-electron chi connectivity index (χ3n) is 17.4. The fraction of sp³-hybridized carbons (Fsp3) is 0.947. The van der Waals surface area contributed by atoms with Crippen LogP contribution in [0.3, 0.4) is 0 Å². The van der Waals surface area contributed by atoms with Crippen LogP contribution in [0.4, 0.5) is 0 Å². The van der Waals surface area contributed by atoms with Gasteiger partial charge in [0.1, 0.15) is 19.3 Å². The van der Waals surface area contributed by atoms with Crippen LogP contribution in [-0.2, 0) is 65.4 Å².